The van der Waals surface area contributed by atoms with E-state index < -0.39 is 0 Å². The molecule has 1 heterocycles. The number of hydrogen-bond acceptors (Lipinski definition) is 3. The molecule has 1 atom stereocenters. The molecule has 2 N–H and O–H groups in total. The van der Waals surface area contributed by atoms with E-state index in [0.717, 1.165) is 24.8 Å². The van der Waals surface area contributed by atoms with Crippen molar-refractivity contribution in [3.8, 4) is 0 Å². The van der Waals surface area contributed by atoms with Crippen molar-refractivity contribution in [2.75, 3.05) is 26.0 Å². The Kier molecular flexibility index (Phi) is 5.81. The van der Waals surface area contributed by atoms with Gasteiger partial charge in [0.1, 0.15) is 0 Å². The van der Waals surface area contributed by atoms with E-state index in [1.807, 2.05) is 24.3 Å². The average Bonchev–Trinajstić information content (AvgIpc) is 2.98. The average molecular weight is 359 g/mol. The van der Waals surface area contributed by atoms with Crippen LogP contribution in [0, 0.1) is 0 Å². The van der Waals surface area contributed by atoms with Gasteiger partial charge in [0.05, 0.1) is 24.7 Å². The maximum Gasteiger partial charge on any atom is 0.319 e. The van der Waals surface area contributed by atoms with Crippen LogP contribution in [0.5, 0.6) is 0 Å². The number of anilines is 1. The van der Waals surface area contributed by atoms with Gasteiger partial charge in [-0.15, -0.1) is 0 Å². The molecule has 1 saturated carbocycles. The molecule has 1 saturated heterocycles. The van der Waals surface area contributed by atoms with Crippen LogP contribution in [0.3, 0.4) is 0 Å². The van der Waals surface area contributed by atoms with Crippen LogP contribution >= 0.6 is 0 Å². The quantitative estimate of drug-likeness (QED) is 0.868. The number of nitrogens with one attached hydrogen (secondary N) is 2. The lowest BCUT2D eigenvalue weighted by molar-refractivity contribution is -0.127. The van der Waals surface area contributed by atoms with Gasteiger partial charge in [0.2, 0.25) is 5.91 Å². The molecule has 26 heavy (non-hydrogen) atoms. The summed E-state index contributed by atoms with van der Waals surface area (Å²) in [5.41, 5.74) is 1.46. The summed E-state index contributed by atoms with van der Waals surface area (Å²) in [5, 5.41) is 5.93. The molecule has 0 bridgehead atoms. The van der Waals surface area contributed by atoms with E-state index in [1.54, 1.807) is 19.0 Å². The minimum atomic E-state index is -0.240. The summed E-state index contributed by atoms with van der Waals surface area (Å²) in [6.45, 7) is 0.578. The highest BCUT2D eigenvalue weighted by Gasteiger charge is 2.41. The van der Waals surface area contributed by atoms with E-state index in [1.165, 1.54) is 19.3 Å². The second kappa shape index (κ2) is 8.08. The molecule has 6 heteroatoms. The standard InChI is InChI=1S/C20H29N3O3/c1-23(2)18(24)12-15-8-4-5-9-17(15)22-19(25)21-16-13-20(26-14-16)10-6-3-7-11-20/h4-5,8-9,16H,3,6-7,10-14H2,1-2H3,(H2,21,22,25)/t16-/m0/s1. The zero-order chi connectivity index (χ0) is 18.6. The van der Waals surface area contributed by atoms with Gasteiger partial charge in [-0.3, -0.25) is 4.79 Å². The van der Waals surface area contributed by atoms with Crippen LogP contribution in [0.15, 0.2) is 24.3 Å². The van der Waals surface area contributed by atoms with Gasteiger partial charge in [-0.25, -0.2) is 4.79 Å². The number of urea groups is 1. The summed E-state index contributed by atoms with van der Waals surface area (Å²) in [6, 6.07) is 7.23. The van der Waals surface area contributed by atoms with Crippen LogP contribution in [0.1, 0.15) is 44.1 Å². The van der Waals surface area contributed by atoms with Crippen molar-refractivity contribution in [1.29, 1.82) is 0 Å². The molecular weight excluding hydrogens is 330 g/mol. The number of likely N-dealkylation sites (N-methyl/N-ethyl adjacent to an activating group) is 1. The first-order chi connectivity index (χ1) is 12.5. The molecule has 2 fully saturated rings. The first kappa shape index (κ1) is 18.7. The Morgan fingerprint density at radius 3 is 2.65 bits per heavy atom. The van der Waals surface area contributed by atoms with Gasteiger partial charge >= 0.3 is 6.03 Å². The molecule has 6 nitrogen and oxygen atoms in total. The molecule has 3 rings (SSSR count). The molecule has 1 aliphatic carbocycles. The lowest BCUT2D eigenvalue weighted by Gasteiger charge is -2.32. The second-order valence-electron chi connectivity index (χ2n) is 7.68. The number of carbonyl (C=O) groups excluding carboxylic acids is 2. The van der Waals surface area contributed by atoms with Gasteiger partial charge in [-0.1, -0.05) is 37.5 Å². The summed E-state index contributed by atoms with van der Waals surface area (Å²) in [4.78, 5) is 26.0. The Labute approximate surface area is 155 Å². The number of nitrogens with zero attached hydrogens (tertiary/aromatic N) is 1. The van der Waals surface area contributed by atoms with Gasteiger partial charge in [-0.2, -0.15) is 0 Å². The third-order valence-electron chi connectivity index (χ3n) is 5.42. The van der Waals surface area contributed by atoms with Crippen molar-refractivity contribution >= 4 is 17.6 Å². The predicted octanol–water partition coefficient (Wildman–Crippen LogP) is 2.93. The molecule has 1 aromatic rings. The number of rotatable bonds is 4. The van der Waals surface area contributed by atoms with Gasteiger partial charge in [0, 0.05) is 19.8 Å². The molecule has 142 valence electrons. The fourth-order valence-corrected chi connectivity index (χ4v) is 3.94. The minimum Gasteiger partial charge on any atom is -0.373 e. The maximum absolute atomic E-state index is 12.4. The first-order valence-electron chi connectivity index (χ1n) is 9.47. The van der Waals surface area contributed by atoms with Crippen molar-refractivity contribution in [2.45, 2.75) is 56.6 Å². The van der Waals surface area contributed by atoms with Crippen LogP contribution < -0.4 is 10.6 Å². The minimum absolute atomic E-state index is 0.00286. The Balaban J connectivity index is 1.56. The van der Waals surface area contributed by atoms with Crippen LogP contribution in [-0.4, -0.2) is 49.2 Å². The van der Waals surface area contributed by atoms with Crippen molar-refractivity contribution in [3.63, 3.8) is 0 Å². The first-order valence-corrected chi connectivity index (χ1v) is 9.47. The summed E-state index contributed by atoms with van der Waals surface area (Å²) >= 11 is 0. The summed E-state index contributed by atoms with van der Waals surface area (Å²) in [6.07, 6.45) is 7.06. The van der Waals surface area contributed by atoms with E-state index in [9.17, 15) is 9.59 Å². The van der Waals surface area contributed by atoms with Crippen molar-refractivity contribution in [2.24, 2.45) is 0 Å². The number of carbonyl (C=O) groups is 2. The van der Waals surface area contributed by atoms with Crippen molar-refractivity contribution in [1.82, 2.24) is 10.2 Å². The van der Waals surface area contributed by atoms with E-state index in [2.05, 4.69) is 10.6 Å². The van der Waals surface area contributed by atoms with E-state index in [0.29, 0.717) is 12.3 Å². The Morgan fingerprint density at radius 1 is 1.19 bits per heavy atom. The second-order valence-corrected chi connectivity index (χ2v) is 7.68. The van der Waals surface area contributed by atoms with Gasteiger partial charge in [0.15, 0.2) is 0 Å². The lowest BCUT2D eigenvalue weighted by Crippen LogP contribution is -2.40. The molecule has 0 radical (unpaired) electrons. The molecule has 1 aromatic carbocycles. The molecule has 2 aliphatic rings. The zero-order valence-electron chi connectivity index (χ0n) is 15.7. The number of benzene rings is 1. The van der Waals surface area contributed by atoms with E-state index in [-0.39, 0.29) is 30.0 Å². The van der Waals surface area contributed by atoms with Gasteiger partial charge in [-0.05, 0) is 30.9 Å². The highest BCUT2D eigenvalue weighted by molar-refractivity contribution is 5.91. The number of ether oxygens (including phenoxy) is 1. The van der Waals surface area contributed by atoms with Crippen LogP contribution in [0.2, 0.25) is 0 Å². The van der Waals surface area contributed by atoms with E-state index in [4.69, 9.17) is 4.74 Å². The molecule has 1 aliphatic heterocycles. The number of hydrogen-bond donors (Lipinski definition) is 2. The Bertz CT molecular complexity index is 653. The van der Waals surface area contributed by atoms with Crippen molar-refractivity contribution in [3.05, 3.63) is 29.8 Å². The smallest absolute Gasteiger partial charge is 0.319 e. The molecular formula is C20H29N3O3. The third-order valence-corrected chi connectivity index (χ3v) is 5.42. The number of amides is 3. The molecule has 3 amide bonds. The fraction of sp³-hybridized carbons (Fsp3) is 0.600. The van der Waals surface area contributed by atoms with Crippen LogP contribution in [0.4, 0.5) is 10.5 Å². The maximum atomic E-state index is 12.4. The van der Waals surface area contributed by atoms with Crippen LogP contribution in [-0.2, 0) is 16.0 Å². The SMILES string of the molecule is CN(C)C(=O)Cc1ccccc1NC(=O)N[C@@H]1COC2(CCCCC2)C1. The topological polar surface area (TPSA) is 70.7 Å². The summed E-state index contributed by atoms with van der Waals surface area (Å²) in [7, 11) is 3.46. The summed E-state index contributed by atoms with van der Waals surface area (Å²) in [5.74, 6) is 0.00286. The normalized spacial score (nSPS) is 21.4. The molecule has 1 spiro atoms. The predicted molar refractivity (Wildman–Crippen MR) is 101 cm³/mol. The fourth-order valence-electron chi connectivity index (χ4n) is 3.94. The Morgan fingerprint density at radius 2 is 1.92 bits per heavy atom. The lowest BCUT2D eigenvalue weighted by atomic mass is 9.82. The largest absolute Gasteiger partial charge is 0.373 e. The number of para-hydroxylation sites is 1. The molecule has 0 unspecified atom stereocenters. The van der Waals surface area contributed by atoms with Gasteiger partial charge in [0.25, 0.3) is 0 Å². The van der Waals surface area contributed by atoms with Crippen molar-refractivity contribution < 1.29 is 14.3 Å². The van der Waals surface area contributed by atoms with E-state index >= 15 is 0 Å². The summed E-state index contributed by atoms with van der Waals surface area (Å²) < 4.78 is 6.06. The highest BCUT2D eigenvalue weighted by atomic mass is 16.5. The monoisotopic (exact) mass is 359 g/mol. The molecule has 0 aromatic heterocycles. The van der Waals surface area contributed by atoms with Crippen LogP contribution in [0.25, 0.3) is 0 Å². The zero-order valence-corrected chi connectivity index (χ0v) is 15.7. The highest BCUT2D eigenvalue weighted by Crippen LogP contribution is 2.39. The van der Waals surface area contributed by atoms with Gasteiger partial charge < -0.3 is 20.3 Å². The third kappa shape index (κ3) is 4.55. The Hall–Kier alpha value is -2.08.